The van der Waals surface area contributed by atoms with Gasteiger partial charge in [-0.2, -0.15) is 26.3 Å². The maximum absolute atomic E-state index is 13.0. The fourth-order valence-corrected chi connectivity index (χ4v) is 2.68. The van der Waals surface area contributed by atoms with Gasteiger partial charge >= 0.3 is 12.4 Å². The minimum atomic E-state index is -4.99. The lowest BCUT2D eigenvalue weighted by atomic mass is 10.0. The van der Waals surface area contributed by atoms with E-state index in [4.69, 9.17) is 0 Å². The van der Waals surface area contributed by atoms with Crippen LogP contribution < -0.4 is 5.32 Å². The first-order chi connectivity index (χ1) is 15.3. The largest absolute Gasteiger partial charge is 0.416 e. The third-order valence-electron chi connectivity index (χ3n) is 4.39. The van der Waals surface area contributed by atoms with Gasteiger partial charge in [-0.05, 0) is 32.0 Å². The van der Waals surface area contributed by atoms with E-state index in [9.17, 15) is 31.1 Å². The number of benzene rings is 1. The maximum Gasteiger partial charge on any atom is 0.416 e. The molecule has 0 saturated heterocycles. The number of nitrogens with one attached hydrogen (secondary N) is 1. The molecular formula is C20H16F6N6O. The quantitative estimate of drug-likeness (QED) is 0.441. The highest BCUT2D eigenvalue weighted by molar-refractivity contribution is 5.90. The molecule has 0 aliphatic heterocycles. The molecule has 1 amide bonds. The molecular weight excluding hydrogens is 454 g/mol. The number of carbonyl (C=O) groups is 1. The summed E-state index contributed by atoms with van der Waals surface area (Å²) >= 11 is 0. The number of hydrogen-bond donors (Lipinski definition) is 1. The molecule has 3 rings (SSSR count). The number of amides is 1. The summed E-state index contributed by atoms with van der Waals surface area (Å²) in [6.07, 6.45) is -3.58. The number of rotatable bonds is 5. The minimum absolute atomic E-state index is 0.0188. The first-order valence-electron chi connectivity index (χ1n) is 9.31. The smallest absolute Gasteiger partial charge is 0.346 e. The molecule has 2 aromatic heterocycles. The van der Waals surface area contributed by atoms with Gasteiger partial charge in [0.05, 0.1) is 17.2 Å². The Morgan fingerprint density at radius 1 is 1.00 bits per heavy atom. The number of hydrogen-bond acceptors (Lipinski definition) is 5. The Balaban J connectivity index is 1.77. The molecule has 0 aliphatic rings. The first-order valence-corrected chi connectivity index (χ1v) is 9.31. The van der Waals surface area contributed by atoms with Crippen molar-refractivity contribution >= 4 is 12.1 Å². The summed E-state index contributed by atoms with van der Waals surface area (Å²) in [6, 6.07) is 0.651. The molecule has 0 saturated carbocycles. The van der Waals surface area contributed by atoms with Gasteiger partial charge < -0.3 is 5.32 Å². The Bertz CT molecular complexity index is 1130. The SMILES string of the molecule is Cc1ncc(C(C)NC(=O)/C=C\n2cnc(-c3cc(C(F)(F)F)cc(C(F)(F)F)c3)n2)cn1. The Morgan fingerprint density at radius 2 is 1.58 bits per heavy atom. The lowest BCUT2D eigenvalue weighted by molar-refractivity contribution is -0.143. The zero-order chi connectivity index (χ0) is 24.4. The Labute approximate surface area is 183 Å². The summed E-state index contributed by atoms with van der Waals surface area (Å²) in [5.74, 6) is -0.331. The van der Waals surface area contributed by atoms with Gasteiger partial charge in [-0.1, -0.05) is 0 Å². The van der Waals surface area contributed by atoms with Crippen LogP contribution in [-0.4, -0.2) is 30.6 Å². The van der Waals surface area contributed by atoms with E-state index in [0.29, 0.717) is 23.5 Å². The summed E-state index contributed by atoms with van der Waals surface area (Å²) in [5.41, 5.74) is -2.77. The molecule has 1 unspecified atom stereocenters. The highest BCUT2D eigenvalue weighted by atomic mass is 19.4. The summed E-state index contributed by atoms with van der Waals surface area (Å²) in [7, 11) is 0. The van der Waals surface area contributed by atoms with E-state index in [1.807, 2.05) is 0 Å². The van der Waals surface area contributed by atoms with E-state index in [1.54, 1.807) is 26.2 Å². The van der Waals surface area contributed by atoms with Crippen LogP contribution in [0.4, 0.5) is 26.3 Å². The van der Waals surface area contributed by atoms with E-state index < -0.39 is 41.0 Å². The van der Waals surface area contributed by atoms with Crippen molar-refractivity contribution < 1.29 is 31.1 Å². The second-order valence-electron chi connectivity index (χ2n) is 6.95. The monoisotopic (exact) mass is 470 g/mol. The molecule has 0 fully saturated rings. The Morgan fingerprint density at radius 3 is 2.12 bits per heavy atom. The molecule has 13 heteroatoms. The van der Waals surface area contributed by atoms with Crippen LogP contribution >= 0.6 is 0 Å². The summed E-state index contributed by atoms with van der Waals surface area (Å²) < 4.78 is 79.2. The molecule has 0 spiro atoms. The lowest BCUT2D eigenvalue weighted by Gasteiger charge is -2.13. The standard InChI is InChI=1S/C20H16F6N6O/c1-11(14-8-27-12(2)28-9-14)30-17(33)3-4-32-10-29-18(31-32)13-5-15(19(21,22)23)7-16(6-13)20(24,25)26/h3-11H,1-2H3,(H,30,33)/b4-3-. The van der Waals surface area contributed by atoms with Crippen molar-refractivity contribution in [2.24, 2.45) is 0 Å². The van der Waals surface area contributed by atoms with Crippen molar-refractivity contribution in [2.75, 3.05) is 0 Å². The number of alkyl halides is 6. The molecule has 1 atom stereocenters. The zero-order valence-electron chi connectivity index (χ0n) is 17.1. The number of carbonyl (C=O) groups excluding carboxylic acids is 1. The summed E-state index contributed by atoms with van der Waals surface area (Å²) in [6.45, 7) is 3.42. The second-order valence-corrected chi connectivity index (χ2v) is 6.95. The molecule has 0 bridgehead atoms. The van der Waals surface area contributed by atoms with Gasteiger partial charge in [0.25, 0.3) is 0 Å². The van der Waals surface area contributed by atoms with Gasteiger partial charge in [-0.15, -0.1) is 5.10 Å². The first kappa shape index (κ1) is 23.9. The average Bonchev–Trinajstić information content (AvgIpc) is 3.20. The van der Waals surface area contributed by atoms with Crippen LogP contribution in [0.3, 0.4) is 0 Å². The van der Waals surface area contributed by atoms with Gasteiger partial charge in [0, 0.05) is 35.8 Å². The van der Waals surface area contributed by atoms with Crippen LogP contribution in [0.5, 0.6) is 0 Å². The highest BCUT2D eigenvalue weighted by Gasteiger charge is 2.37. The van der Waals surface area contributed by atoms with Gasteiger partial charge in [-0.25, -0.2) is 19.6 Å². The van der Waals surface area contributed by atoms with Gasteiger partial charge in [-0.3, -0.25) is 4.79 Å². The Kier molecular flexibility index (Phi) is 6.51. The van der Waals surface area contributed by atoms with Gasteiger partial charge in [0.2, 0.25) is 5.91 Å². The fraction of sp³-hybridized carbons (Fsp3) is 0.250. The molecule has 3 aromatic rings. The minimum Gasteiger partial charge on any atom is -0.346 e. The molecule has 0 radical (unpaired) electrons. The summed E-state index contributed by atoms with van der Waals surface area (Å²) in [4.78, 5) is 23.9. The molecule has 7 nitrogen and oxygen atoms in total. The van der Waals surface area contributed by atoms with Crippen molar-refractivity contribution in [1.29, 1.82) is 0 Å². The Hall–Kier alpha value is -3.77. The summed E-state index contributed by atoms with van der Waals surface area (Å²) in [5, 5.41) is 6.49. The lowest BCUT2D eigenvalue weighted by Crippen LogP contribution is -2.25. The predicted molar refractivity (Wildman–Crippen MR) is 104 cm³/mol. The van der Waals surface area contributed by atoms with E-state index in [0.717, 1.165) is 23.3 Å². The van der Waals surface area contributed by atoms with E-state index in [1.165, 1.54) is 0 Å². The van der Waals surface area contributed by atoms with Crippen LogP contribution in [-0.2, 0) is 17.1 Å². The number of aromatic nitrogens is 5. The highest BCUT2D eigenvalue weighted by Crippen LogP contribution is 2.38. The average molecular weight is 470 g/mol. The molecule has 1 N–H and O–H groups in total. The van der Waals surface area contributed by atoms with Crippen molar-refractivity contribution in [1.82, 2.24) is 30.0 Å². The van der Waals surface area contributed by atoms with Crippen LogP contribution in [0.15, 0.2) is 43.0 Å². The van der Waals surface area contributed by atoms with Crippen molar-refractivity contribution in [3.63, 3.8) is 0 Å². The third kappa shape index (κ3) is 6.14. The van der Waals surface area contributed by atoms with Crippen molar-refractivity contribution in [2.45, 2.75) is 32.2 Å². The van der Waals surface area contributed by atoms with E-state index in [2.05, 4.69) is 25.4 Å². The number of aryl methyl sites for hydroxylation is 1. The second kappa shape index (κ2) is 9.00. The number of nitrogens with zero attached hydrogens (tertiary/aromatic N) is 5. The van der Waals surface area contributed by atoms with Crippen molar-refractivity contribution in [3.8, 4) is 11.4 Å². The van der Waals surface area contributed by atoms with Gasteiger partial charge in [0.1, 0.15) is 12.2 Å². The van der Waals surface area contributed by atoms with E-state index >= 15 is 0 Å². The maximum atomic E-state index is 13.0. The third-order valence-corrected chi connectivity index (χ3v) is 4.39. The number of halogens is 6. The normalized spacial score (nSPS) is 13.3. The molecule has 0 aliphatic carbocycles. The van der Waals surface area contributed by atoms with Crippen LogP contribution in [0, 0.1) is 6.92 Å². The predicted octanol–water partition coefficient (Wildman–Crippen LogP) is 4.43. The van der Waals surface area contributed by atoms with E-state index in [-0.39, 0.29) is 11.9 Å². The molecule has 33 heavy (non-hydrogen) atoms. The van der Waals surface area contributed by atoms with Crippen molar-refractivity contribution in [3.05, 3.63) is 65.5 Å². The zero-order valence-corrected chi connectivity index (χ0v) is 17.1. The molecule has 174 valence electrons. The van der Waals surface area contributed by atoms with Crippen LogP contribution in [0.1, 0.15) is 35.5 Å². The van der Waals surface area contributed by atoms with Crippen LogP contribution in [0.2, 0.25) is 0 Å². The van der Waals surface area contributed by atoms with Crippen LogP contribution in [0.25, 0.3) is 17.6 Å². The molecule has 2 heterocycles. The molecule has 1 aromatic carbocycles. The topological polar surface area (TPSA) is 85.6 Å². The van der Waals surface area contributed by atoms with Gasteiger partial charge in [0.15, 0.2) is 5.82 Å². The fourth-order valence-electron chi connectivity index (χ4n) is 2.68.